The molecule has 0 spiro atoms. The van der Waals surface area contributed by atoms with Crippen molar-refractivity contribution in [1.82, 2.24) is 4.90 Å². The number of likely N-dealkylation sites (tertiary alicyclic amines) is 1. The van der Waals surface area contributed by atoms with Crippen LogP contribution in [0.1, 0.15) is 28.3 Å². The van der Waals surface area contributed by atoms with Gasteiger partial charge in [-0.15, -0.1) is 0 Å². The lowest BCUT2D eigenvalue weighted by Crippen LogP contribution is -2.28. The Morgan fingerprint density at radius 1 is 1.09 bits per heavy atom. The van der Waals surface area contributed by atoms with E-state index in [9.17, 15) is 14.9 Å². The lowest BCUT2D eigenvalue weighted by Gasteiger charge is -2.16. The second-order valence-electron chi connectivity index (χ2n) is 5.45. The molecule has 1 aliphatic heterocycles. The molecule has 5 nitrogen and oxygen atoms in total. The Bertz CT molecular complexity index is 683. The SMILES string of the molecule is O=C(c1ccc([N+](=O)[O-])cc1)N1CC[C@@H](c2ccccc2)C1. The third kappa shape index (κ3) is 2.83. The van der Waals surface area contributed by atoms with Crippen LogP contribution in [0.2, 0.25) is 0 Å². The molecule has 3 rings (SSSR count). The van der Waals surface area contributed by atoms with Gasteiger partial charge in [0.1, 0.15) is 0 Å². The summed E-state index contributed by atoms with van der Waals surface area (Å²) in [6, 6.07) is 16.0. The maximum atomic E-state index is 12.5. The van der Waals surface area contributed by atoms with Crippen LogP contribution in [-0.2, 0) is 0 Å². The molecule has 2 aromatic carbocycles. The fourth-order valence-corrected chi connectivity index (χ4v) is 2.85. The Balaban J connectivity index is 1.70. The molecule has 1 saturated heterocycles. The van der Waals surface area contributed by atoms with Crippen LogP contribution in [0, 0.1) is 10.1 Å². The molecule has 112 valence electrons. The zero-order valence-corrected chi connectivity index (χ0v) is 12.0. The van der Waals surface area contributed by atoms with Crippen LogP contribution in [0.3, 0.4) is 0 Å². The Labute approximate surface area is 128 Å². The molecule has 1 heterocycles. The molecule has 0 saturated carbocycles. The number of hydrogen-bond donors (Lipinski definition) is 0. The minimum Gasteiger partial charge on any atom is -0.338 e. The number of nitro groups is 1. The molecule has 0 aliphatic carbocycles. The van der Waals surface area contributed by atoms with Crippen molar-refractivity contribution in [2.24, 2.45) is 0 Å². The quantitative estimate of drug-likeness (QED) is 0.645. The van der Waals surface area contributed by atoms with Crippen molar-refractivity contribution in [1.29, 1.82) is 0 Å². The monoisotopic (exact) mass is 296 g/mol. The van der Waals surface area contributed by atoms with Crippen LogP contribution in [-0.4, -0.2) is 28.8 Å². The molecule has 1 fully saturated rings. The largest absolute Gasteiger partial charge is 0.338 e. The zero-order chi connectivity index (χ0) is 15.5. The average Bonchev–Trinajstić information content (AvgIpc) is 3.05. The molecule has 1 aliphatic rings. The standard InChI is InChI=1S/C17H16N2O3/c20-17(14-6-8-16(9-7-14)19(21)22)18-11-10-15(12-18)13-4-2-1-3-5-13/h1-9,15H,10-12H2/t15-/m1/s1. The summed E-state index contributed by atoms with van der Waals surface area (Å²) in [6.45, 7) is 1.41. The number of carbonyl (C=O) groups excluding carboxylic acids is 1. The maximum Gasteiger partial charge on any atom is 0.269 e. The van der Waals surface area contributed by atoms with E-state index in [1.165, 1.54) is 29.8 Å². The number of hydrogen-bond acceptors (Lipinski definition) is 3. The van der Waals surface area contributed by atoms with Crippen LogP contribution < -0.4 is 0 Å². The van der Waals surface area contributed by atoms with Gasteiger partial charge in [0.2, 0.25) is 0 Å². The van der Waals surface area contributed by atoms with Crippen molar-refractivity contribution in [3.05, 3.63) is 75.8 Å². The topological polar surface area (TPSA) is 63.4 Å². The summed E-state index contributed by atoms with van der Waals surface area (Å²) < 4.78 is 0. The summed E-state index contributed by atoms with van der Waals surface area (Å²) in [6.07, 6.45) is 0.947. The summed E-state index contributed by atoms with van der Waals surface area (Å²) >= 11 is 0. The first kappa shape index (κ1) is 14.3. The molecule has 0 aromatic heterocycles. The van der Waals surface area contributed by atoms with Crippen LogP contribution >= 0.6 is 0 Å². The molecule has 0 bridgehead atoms. The van der Waals surface area contributed by atoms with Gasteiger partial charge in [0.05, 0.1) is 4.92 Å². The average molecular weight is 296 g/mol. The molecule has 0 N–H and O–H groups in total. The van der Waals surface area contributed by atoms with Gasteiger partial charge in [0.15, 0.2) is 0 Å². The molecule has 5 heteroatoms. The molecule has 22 heavy (non-hydrogen) atoms. The van der Waals surface area contributed by atoms with Gasteiger partial charge in [-0.1, -0.05) is 30.3 Å². The molecular formula is C17H16N2O3. The third-order valence-electron chi connectivity index (χ3n) is 4.07. The van der Waals surface area contributed by atoms with E-state index < -0.39 is 4.92 Å². The highest BCUT2D eigenvalue weighted by molar-refractivity contribution is 5.94. The van der Waals surface area contributed by atoms with Gasteiger partial charge in [-0.3, -0.25) is 14.9 Å². The lowest BCUT2D eigenvalue weighted by atomic mass is 9.99. The van der Waals surface area contributed by atoms with Gasteiger partial charge >= 0.3 is 0 Å². The van der Waals surface area contributed by atoms with Crippen LogP contribution in [0.5, 0.6) is 0 Å². The van der Waals surface area contributed by atoms with Gasteiger partial charge in [-0.25, -0.2) is 0 Å². The van der Waals surface area contributed by atoms with Crippen LogP contribution in [0.25, 0.3) is 0 Å². The Morgan fingerprint density at radius 3 is 2.41 bits per heavy atom. The normalized spacial score (nSPS) is 17.5. The number of rotatable bonds is 3. The minimum absolute atomic E-state index is 0.000124. The first-order valence-electron chi connectivity index (χ1n) is 7.24. The Morgan fingerprint density at radius 2 is 1.77 bits per heavy atom. The predicted molar refractivity (Wildman–Crippen MR) is 82.8 cm³/mol. The minimum atomic E-state index is -0.463. The van der Waals surface area contributed by atoms with E-state index >= 15 is 0 Å². The van der Waals surface area contributed by atoms with E-state index in [0.717, 1.165) is 13.0 Å². The summed E-state index contributed by atoms with van der Waals surface area (Å²) in [5.41, 5.74) is 1.75. The number of amides is 1. The van der Waals surface area contributed by atoms with E-state index in [1.54, 1.807) is 0 Å². The van der Waals surface area contributed by atoms with Crippen molar-refractivity contribution >= 4 is 11.6 Å². The van der Waals surface area contributed by atoms with Crippen molar-refractivity contribution in [2.45, 2.75) is 12.3 Å². The van der Waals surface area contributed by atoms with Gasteiger partial charge in [0.25, 0.3) is 11.6 Å². The number of benzene rings is 2. The summed E-state index contributed by atoms with van der Waals surface area (Å²) in [5, 5.41) is 10.6. The molecular weight excluding hydrogens is 280 g/mol. The first-order chi connectivity index (χ1) is 10.6. The van der Waals surface area contributed by atoms with Gasteiger partial charge in [-0.2, -0.15) is 0 Å². The molecule has 2 aromatic rings. The Kier molecular flexibility index (Phi) is 3.87. The van der Waals surface area contributed by atoms with Crippen LogP contribution in [0.4, 0.5) is 5.69 Å². The highest BCUT2D eigenvalue weighted by Gasteiger charge is 2.27. The van der Waals surface area contributed by atoms with E-state index in [1.807, 2.05) is 23.1 Å². The van der Waals surface area contributed by atoms with E-state index in [-0.39, 0.29) is 11.6 Å². The third-order valence-corrected chi connectivity index (χ3v) is 4.07. The summed E-state index contributed by atoms with van der Waals surface area (Å²) in [5.74, 6) is 0.302. The molecule has 1 amide bonds. The van der Waals surface area contributed by atoms with E-state index in [4.69, 9.17) is 0 Å². The number of nitrogens with zero attached hydrogens (tertiary/aromatic N) is 2. The molecule has 1 atom stereocenters. The van der Waals surface area contributed by atoms with Gasteiger partial charge < -0.3 is 4.90 Å². The molecule has 0 radical (unpaired) electrons. The van der Waals surface area contributed by atoms with Crippen molar-refractivity contribution < 1.29 is 9.72 Å². The van der Waals surface area contributed by atoms with Crippen molar-refractivity contribution in [2.75, 3.05) is 13.1 Å². The smallest absolute Gasteiger partial charge is 0.269 e. The predicted octanol–water partition coefficient (Wildman–Crippen LogP) is 3.22. The number of carbonyl (C=O) groups is 1. The van der Waals surface area contributed by atoms with E-state index in [0.29, 0.717) is 18.0 Å². The molecule has 0 unspecified atom stereocenters. The number of nitro benzene ring substituents is 1. The maximum absolute atomic E-state index is 12.5. The van der Waals surface area contributed by atoms with Crippen molar-refractivity contribution in [3.63, 3.8) is 0 Å². The zero-order valence-electron chi connectivity index (χ0n) is 12.0. The van der Waals surface area contributed by atoms with E-state index in [2.05, 4.69) is 12.1 Å². The fraction of sp³-hybridized carbons (Fsp3) is 0.235. The summed E-state index contributed by atoms with van der Waals surface area (Å²) in [7, 11) is 0. The van der Waals surface area contributed by atoms with Crippen LogP contribution in [0.15, 0.2) is 54.6 Å². The number of non-ortho nitro benzene ring substituents is 1. The highest BCUT2D eigenvalue weighted by atomic mass is 16.6. The Hall–Kier alpha value is -2.69. The summed E-state index contributed by atoms with van der Waals surface area (Å²) in [4.78, 5) is 24.5. The van der Waals surface area contributed by atoms with Gasteiger partial charge in [0, 0.05) is 36.7 Å². The van der Waals surface area contributed by atoms with Crippen molar-refractivity contribution in [3.8, 4) is 0 Å². The highest BCUT2D eigenvalue weighted by Crippen LogP contribution is 2.28. The second kappa shape index (κ2) is 5.97. The second-order valence-corrected chi connectivity index (χ2v) is 5.45. The lowest BCUT2D eigenvalue weighted by molar-refractivity contribution is -0.384. The van der Waals surface area contributed by atoms with Gasteiger partial charge in [-0.05, 0) is 24.1 Å². The first-order valence-corrected chi connectivity index (χ1v) is 7.24. The fourth-order valence-electron chi connectivity index (χ4n) is 2.85.